The maximum atomic E-state index is 11.9. The maximum Gasteiger partial charge on any atom is 3.00 e. The molecule has 0 aliphatic carbocycles. The molecule has 0 aliphatic heterocycles. The van der Waals surface area contributed by atoms with Crippen molar-refractivity contribution in [3.05, 3.63) is 35.9 Å². The maximum absolute atomic E-state index is 11.9. The van der Waals surface area contributed by atoms with E-state index in [0.29, 0.717) is 0 Å². The fourth-order valence-corrected chi connectivity index (χ4v) is 5.11. The molecule has 1 unspecified atom stereocenters. The molecule has 1 rings (SSSR count). The zero-order chi connectivity index (χ0) is 47.9. The number of benzene rings is 1. The minimum atomic E-state index is -1.55. The van der Waals surface area contributed by atoms with Crippen molar-refractivity contribution in [2.75, 3.05) is 99.4 Å². The van der Waals surface area contributed by atoms with E-state index < -0.39 is 124 Å². The van der Waals surface area contributed by atoms with Crippen molar-refractivity contribution < 1.29 is 145 Å². The molecule has 0 saturated heterocycles. The van der Waals surface area contributed by atoms with Gasteiger partial charge >= 0.3 is 69.8 Å². The van der Waals surface area contributed by atoms with Gasteiger partial charge in [-0.1, -0.05) is 30.3 Å². The van der Waals surface area contributed by atoms with Gasteiger partial charge in [0.25, 0.3) is 0 Å². The third-order valence-corrected chi connectivity index (χ3v) is 8.44. The number of aliphatic hydroxyl groups is 10. The summed E-state index contributed by atoms with van der Waals surface area (Å²) in [5, 5.41) is 141. The number of ether oxygens (including phenoxy) is 1. The minimum absolute atomic E-state index is 0. The van der Waals surface area contributed by atoms with Crippen LogP contribution in [0, 0.1) is 39.9 Å². The van der Waals surface area contributed by atoms with Gasteiger partial charge in [0, 0.05) is 39.3 Å². The molecule has 0 saturated carbocycles. The van der Waals surface area contributed by atoms with Crippen molar-refractivity contribution in [1.82, 2.24) is 25.3 Å². The van der Waals surface area contributed by atoms with Gasteiger partial charge in [-0.15, -0.1) is 0 Å². The van der Waals surface area contributed by atoms with Gasteiger partial charge in [-0.25, -0.2) is 0 Å². The average molecular weight is 1060 g/mol. The number of carboxylic acid groups (broad SMARTS) is 5. The van der Waals surface area contributed by atoms with E-state index in [9.17, 15) is 49.5 Å². The topological polar surface area (TPSA) is 432 Å². The van der Waals surface area contributed by atoms with E-state index in [4.69, 9.17) is 55.8 Å². The third-order valence-electron chi connectivity index (χ3n) is 8.44. The number of hydrogen-bond acceptors (Lipinski definition) is 21. The summed E-state index contributed by atoms with van der Waals surface area (Å²) in [6.07, 6.45) is -11.3. The Morgan fingerprint density at radius 2 is 0.921 bits per heavy atom. The molecule has 0 aromatic heterocycles. The summed E-state index contributed by atoms with van der Waals surface area (Å²) in [6, 6.07) is 7.62. The predicted molar refractivity (Wildman–Crippen MR) is 213 cm³/mol. The van der Waals surface area contributed by atoms with Gasteiger partial charge in [0.05, 0.1) is 64.8 Å². The van der Waals surface area contributed by atoms with Gasteiger partial charge in [-0.05, 0) is 19.7 Å². The van der Waals surface area contributed by atoms with Crippen LogP contribution in [0.1, 0.15) is 5.56 Å². The molecule has 365 valence electrons. The number of nitrogens with zero attached hydrogens (tertiary/aromatic N) is 3. The molecular formula is C36H65GdN5O21+3. The number of carboxylic acids is 5. The minimum Gasteiger partial charge on any atom is -0.480 e. The van der Waals surface area contributed by atoms with Crippen LogP contribution in [0.5, 0.6) is 0 Å². The molecule has 63 heavy (non-hydrogen) atoms. The van der Waals surface area contributed by atoms with Gasteiger partial charge in [0.1, 0.15) is 42.7 Å². The number of likely N-dealkylation sites (N-methyl/N-ethyl adjacent to an activating group) is 2. The van der Waals surface area contributed by atoms with E-state index in [1.165, 1.54) is 4.90 Å². The van der Waals surface area contributed by atoms with Gasteiger partial charge in [-0.2, -0.15) is 0 Å². The Morgan fingerprint density at radius 3 is 1.29 bits per heavy atom. The molecule has 27 heteroatoms. The van der Waals surface area contributed by atoms with Crippen LogP contribution in [0.2, 0.25) is 0 Å². The standard InChI is InChI=1S/C22H31N3O11.2C7H17NO5.Gd/c26-18(27)10-23(6-7-24(11-19(28)29)12-20(30)31)8-9-25(13-21(32)33)17(22(34)35)15-36-14-16-4-2-1-3-5-16;2*1-8-2-4(10)6(12)7(13)5(11)3-9;/h1-5,17H,6-15H2,(H,26,27)(H,28,29)(H,30,31)(H,32,33)(H,34,35);2*4-13H,2-3H2,1H3;/q;;;+3/t;2*4-,5+,6+,7+;/m.11./s1. The molecular weight excluding hydrogens is 996 g/mol. The molecule has 0 aliphatic rings. The number of carbonyl (C=O) groups is 5. The van der Waals surface area contributed by atoms with E-state index in [0.717, 1.165) is 15.4 Å². The second-order valence-electron chi connectivity index (χ2n) is 13.6. The fraction of sp³-hybridized carbons (Fsp3) is 0.694. The van der Waals surface area contributed by atoms with E-state index in [-0.39, 0.29) is 92.4 Å². The van der Waals surface area contributed by atoms with Crippen molar-refractivity contribution in [3.63, 3.8) is 0 Å². The number of aliphatic carboxylic acids is 5. The third kappa shape index (κ3) is 30.9. The molecule has 0 amide bonds. The van der Waals surface area contributed by atoms with Crippen LogP contribution in [0.4, 0.5) is 0 Å². The van der Waals surface area contributed by atoms with Gasteiger partial charge in [0.15, 0.2) is 0 Å². The molecule has 9 atom stereocenters. The molecule has 0 bridgehead atoms. The Hall–Kier alpha value is -2.75. The molecule has 1 aromatic carbocycles. The average Bonchev–Trinajstić information content (AvgIpc) is 3.21. The van der Waals surface area contributed by atoms with Crippen LogP contribution in [-0.2, 0) is 35.3 Å². The Morgan fingerprint density at radius 1 is 0.556 bits per heavy atom. The summed E-state index contributed by atoms with van der Waals surface area (Å²) in [5.74, 6) is -6.34. The molecule has 1 aromatic rings. The summed E-state index contributed by atoms with van der Waals surface area (Å²) in [5.41, 5.74) is 0.798. The van der Waals surface area contributed by atoms with Crippen LogP contribution >= 0.6 is 0 Å². The molecule has 0 fully saturated rings. The van der Waals surface area contributed by atoms with E-state index in [1.54, 1.807) is 38.4 Å². The van der Waals surface area contributed by atoms with E-state index in [1.807, 2.05) is 6.07 Å². The summed E-state index contributed by atoms with van der Waals surface area (Å²) in [6.45, 7) is -3.99. The Bertz CT molecular complexity index is 1350. The Kier molecular flexibility index (Phi) is 38.4. The Balaban J connectivity index is -0.00000109. The number of nitrogens with one attached hydrogen (secondary N) is 2. The smallest absolute Gasteiger partial charge is 0.480 e. The molecule has 26 nitrogen and oxygen atoms in total. The van der Waals surface area contributed by atoms with Crippen molar-refractivity contribution in [2.45, 2.75) is 61.5 Å². The summed E-state index contributed by atoms with van der Waals surface area (Å²) < 4.78 is 5.49. The molecule has 17 N–H and O–H groups in total. The summed E-state index contributed by atoms with van der Waals surface area (Å²) in [4.78, 5) is 60.1. The fourth-order valence-electron chi connectivity index (χ4n) is 5.11. The first kappa shape index (κ1) is 64.5. The monoisotopic (exact) mass is 1060 g/mol. The van der Waals surface area contributed by atoms with Crippen molar-refractivity contribution in [1.29, 1.82) is 0 Å². The zero-order valence-electron chi connectivity index (χ0n) is 34.8. The van der Waals surface area contributed by atoms with Gasteiger partial charge in [0.2, 0.25) is 0 Å². The van der Waals surface area contributed by atoms with Crippen molar-refractivity contribution >= 4 is 29.8 Å². The normalized spacial score (nSPS) is 15.5. The van der Waals surface area contributed by atoms with Crippen LogP contribution in [0.3, 0.4) is 0 Å². The van der Waals surface area contributed by atoms with Crippen LogP contribution in [-0.4, -0.2) is 275 Å². The second-order valence-corrected chi connectivity index (χ2v) is 13.6. The molecule has 0 spiro atoms. The van der Waals surface area contributed by atoms with Crippen molar-refractivity contribution in [2.24, 2.45) is 0 Å². The summed E-state index contributed by atoms with van der Waals surface area (Å²) >= 11 is 0. The number of aliphatic hydroxyl groups excluding tert-OH is 10. The Labute approximate surface area is 395 Å². The second kappa shape index (κ2) is 37.5. The SMILES string of the molecule is CNC[C@@H](O)[C@H](O)[C@@H](O)[C@@H](O)CO.CNC[C@@H](O)[C@H](O)[C@@H](O)[C@@H](O)CO.O=C(O)CN(CCN(CC(=O)O)CC(=O)O)CCN(CC(=O)O)C(COCc1ccccc1)C(=O)O.[Gd+3]. The largest absolute Gasteiger partial charge is 3.00 e. The molecule has 1 radical (unpaired) electrons. The van der Waals surface area contributed by atoms with Crippen LogP contribution < -0.4 is 10.6 Å². The first-order valence-electron chi connectivity index (χ1n) is 18.9. The van der Waals surface area contributed by atoms with E-state index in [2.05, 4.69) is 10.6 Å². The van der Waals surface area contributed by atoms with Crippen LogP contribution in [0.15, 0.2) is 30.3 Å². The first-order valence-corrected chi connectivity index (χ1v) is 18.9. The van der Waals surface area contributed by atoms with E-state index >= 15 is 0 Å². The zero-order valence-corrected chi connectivity index (χ0v) is 37.1. The first-order chi connectivity index (χ1) is 29.1. The van der Waals surface area contributed by atoms with Gasteiger partial charge in [-0.3, -0.25) is 38.7 Å². The predicted octanol–water partition coefficient (Wildman–Crippen LogP) is -7.82. The number of rotatable bonds is 32. The molecule has 0 heterocycles. The quantitative estimate of drug-likeness (QED) is 0.0319. The van der Waals surface area contributed by atoms with Crippen molar-refractivity contribution in [3.8, 4) is 0 Å². The summed E-state index contributed by atoms with van der Waals surface area (Å²) in [7, 11) is 3.15. The van der Waals surface area contributed by atoms with Crippen LogP contribution in [0.25, 0.3) is 0 Å². The van der Waals surface area contributed by atoms with Gasteiger partial charge < -0.3 is 92.0 Å². The number of hydrogen-bond donors (Lipinski definition) is 17.